The second-order valence-corrected chi connectivity index (χ2v) is 3.41. The van der Waals surface area contributed by atoms with E-state index in [1.165, 1.54) is 18.9 Å². The molecule has 1 unspecified atom stereocenters. The Hall–Kier alpha value is -0.790. The van der Waals surface area contributed by atoms with Crippen LogP contribution in [0.25, 0.3) is 0 Å². The lowest BCUT2D eigenvalue weighted by atomic mass is 9.82. The highest BCUT2D eigenvalue weighted by Gasteiger charge is 2.17. The highest BCUT2D eigenvalue weighted by molar-refractivity contribution is 5.80. The molecule has 0 aromatic carbocycles. The van der Waals surface area contributed by atoms with Crippen LogP contribution < -0.4 is 0 Å². The molecule has 1 N–H and O–H groups in total. The maximum atomic E-state index is 10.5. The Bertz CT molecular complexity index is 194. The van der Waals surface area contributed by atoms with Gasteiger partial charge >= 0.3 is 5.97 Å². The Morgan fingerprint density at radius 2 is 2.42 bits per heavy atom. The second kappa shape index (κ2) is 4.29. The Kier molecular flexibility index (Phi) is 3.32. The molecule has 0 aliphatic heterocycles. The number of rotatable bonds is 2. The van der Waals surface area contributed by atoms with Gasteiger partial charge in [-0.05, 0) is 31.6 Å². The molecule has 0 heterocycles. The zero-order valence-corrected chi connectivity index (χ0v) is 7.55. The lowest BCUT2D eigenvalue weighted by Crippen LogP contribution is -2.10. The van der Waals surface area contributed by atoms with Crippen molar-refractivity contribution in [3.05, 3.63) is 11.6 Å². The van der Waals surface area contributed by atoms with Crippen LogP contribution in [0.1, 0.15) is 39.0 Å². The van der Waals surface area contributed by atoms with Crippen LogP contribution in [0.15, 0.2) is 11.6 Å². The fourth-order valence-electron chi connectivity index (χ4n) is 1.92. The van der Waals surface area contributed by atoms with Gasteiger partial charge in [0.05, 0.1) is 0 Å². The van der Waals surface area contributed by atoms with E-state index in [0.29, 0.717) is 5.92 Å². The van der Waals surface area contributed by atoms with Gasteiger partial charge in [-0.25, -0.2) is 4.79 Å². The summed E-state index contributed by atoms with van der Waals surface area (Å²) in [5.41, 5.74) is 1.15. The van der Waals surface area contributed by atoms with Crippen molar-refractivity contribution in [2.75, 3.05) is 0 Å². The van der Waals surface area contributed by atoms with Crippen LogP contribution in [0, 0.1) is 5.92 Å². The van der Waals surface area contributed by atoms with Crippen molar-refractivity contribution >= 4 is 5.97 Å². The standard InChI is InChI=1S/C10H16O2/c1-2-8-5-3-4-6-9(8)7-10(11)12/h7-8H,2-6H2,1H3,(H,11,12). The summed E-state index contributed by atoms with van der Waals surface area (Å²) in [5, 5.41) is 8.60. The van der Waals surface area contributed by atoms with Crippen LogP contribution >= 0.6 is 0 Å². The van der Waals surface area contributed by atoms with Crippen molar-refractivity contribution in [3.8, 4) is 0 Å². The van der Waals surface area contributed by atoms with Gasteiger partial charge in [-0.15, -0.1) is 0 Å². The first kappa shape index (κ1) is 9.30. The van der Waals surface area contributed by atoms with Crippen molar-refractivity contribution in [2.45, 2.75) is 39.0 Å². The minimum absolute atomic E-state index is 0.537. The topological polar surface area (TPSA) is 37.3 Å². The van der Waals surface area contributed by atoms with Gasteiger partial charge in [-0.1, -0.05) is 18.9 Å². The summed E-state index contributed by atoms with van der Waals surface area (Å²) in [6, 6.07) is 0. The molecule has 1 saturated carbocycles. The predicted molar refractivity (Wildman–Crippen MR) is 48.0 cm³/mol. The van der Waals surface area contributed by atoms with E-state index >= 15 is 0 Å². The quantitative estimate of drug-likeness (QED) is 0.643. The first-order valence-corrected chi connectivity index (χ1v) is 4.67. The monoisotopic (exact) mass is 168 g/mol. The van der Waals surface area contributed by atoms with Gasteiger partial charge in [0.1, 0.15) is 0 Å². The minimum atomic E-state index is -0.787. The summed E-state index contributed by atoms with van der Waals surface area (Å²) in [7, 11) is 0. The van der Waals surface area contributed by atoms with E-state index in [0.717, 1.165) is 24.8 Å². The average Bonchev–Trinajstić information content (AvgIpc) is 2.04. The number of allylic oxidation sites excluding steroid dienone is 1. The average molecular weight is 168 g/mol. The number of carbonyl (C=O) groups is 1. The van der Waals surface area contributed by atoms with Gasteiger partial charge in [-0.3, -0.25) is 0 Å². The molecule has 12 heavy (non-hydrogen) atoms. The zero-order valence-electron chi connectivity index (χ0n) is 7.55. The SMILES string of the molecule is CCC1CCCCC1=CC(=O)O. The highest BCUT2D eigenvalue weighted by Crippen LogP contribution is 2.31. The molecule has 0 aromatic heterocycles. The maximum Gasteiger partial charge on any atom is 0.328 e. The summed E-state index contributed by atoms with van der Waals surface area (Å²) in [4.78, 5) is 10.5. The van der Waals surface area contributed by atoms with Crippen molar-refractivity contribution in [1.29, 1.82) is 0 Å². The van der Waals surface area contributed by atoms with E-state index in [9.17, 15) is 4.79 Å². The predicted octanol–water partition coefficient (Wildman–Crippen LogP) is 2.60. The molecular weight excluding hydrogens is 152 g/mol. The second-order valence-electron chi connectivity index (χ2n) is 3.41. The van der Waals surface area contributed by atoms with Gasteiger partial charge < -0.3 is 5.11 Å². The summed E-state index contributed by atoms with van der Waals surface area (Å²) in [5.74, 6) is -0.250. The molecule has 1 rings (SSSR count). The van der Waals surface area contributed by atoms with Crippen LogP contribution in [0.2, 0.25) is 0 Å². The molecule has 1 fully saturated rings. The lowest BCUT2D eigenvalue weighted by Gasteiger charge is -2.23. The molecule has 0 radical (unpaired) electrons. The smallest absolute Gasteiger partial charge is 0.328 e. The Balaban J connectivity index is 2.64. The van der Waals surface area contributed by atoms with Crippen LogP contribution in [-0.4, -0.2) is 11.1 Å². The van der Waals surface area contributed by atoms with Gasteiger partial charge in [0.2, 0.25) is 0 Å². The summed E-state index contributed by atoms with van der Waals surface area (Å²) >= 11 is 0. The van der Waals surface area contributed by atoms with Crippen LogP contribution in [0.3, 0.4) is 0 Å². The van der Waals surface area contributed by atoms with E-state index < -0.39 is 5.97 Å². The fourth-order valence-corrected chi connectivity index (χ4v) is 1.92. The molecule has 2 heteroatoms. The van der Waals surface area contributed by atoms with E-state index in [1.54, 1.807) is 0 Å². The molecule has 1 aliphatic rings. The number of carboxylic acids is 1. The number of hydrogen-bond acceptors (Lipinski definition) is 1. The molecular formula is C10H16O2. The molecule has 0 spiro atoms. The van der Waals surface area contributed by atoms with Gasteiger partial charge in [0, 0.05) is 6.08 Å². The first-order chi connectivity index (χ1) is 5.74. The van der Waals surface area contributed by atoms with E-state index in [2.05, 4.69) is 6.92 Å². The number of hydrogen-bond donors (Lipinski definition) is 1. The summed E-state index contributed by atoms with van der Waals surface area (Å²) < 4.78 is 0. The number of aliphatic carboxylic acids is 1. The van der Waals surface area contributed by atoms with Gasteiger partial charge in [-0.2, -0.15) is 0 Å². The molecule has 2 nitrogen and oxygen atoms in total. The fraction of sp³-hybridized carbons (Fsp3) is 0.700. The largest absolute Gasteiger partial charge is 0.478 e. The first-order valence-electron chi connectivity index (χ1n) is 4.67. The Morgan fingerprint density at radius 1 is 1.67 bits per heavy atom. The van der Waals surface area contributed by atoms with Crippen LogP contribution in [0.5, 0.6) is 0 Å². The lowest BCUT2D eigenvalue weighted by molar-refractivity contribution is -0.131. The molecule has 68 valence electrons. The molecule has 1 aliphatic carbocycles. The van der Waals surface area contributed by atoms with Gasteiger partial charge in [0.15, 0.2) is 0 Å². The molecule has 1 atom stereocenters. The van der Waals surface area contributed by atoms with E-state index in [1.807, 2.05) is 0 Å². The van der Waals surface area contributed by atoms with Crippen molar-refractivity contribution < 1.29 is 9.90 Å². The van der Waals surface area contributed by atoms with Crippen molar-refractivity contribution in [3.63, 3.8) is 0 Å². The summed E-state index contributed by atoms with van der Waals surface area (Å²) in [6.07, 6.45) is 7.08. The molecule has 0 aromatic rings. The third kappa shape index (κ3) is 2.36. The third-order valence-corrected chi connectivity index (χ3v) is 2.59. The van der Waals surface area contributed by atoms with Crippen molar-refractivity contribution in [2.24, 2.45) is 5.92 Å². The van der Waals surface area contributed by atoms with Gasteiger partial charge in [0.25, 0.3) is 0 Å². The molecule has 0 amide bonds. The van der Waals surface area contributed by atoms with E-state index in [4.69, 9.17) is 5.11 Å². The zero-order chi connectivity index (χ0) is 8.97. The highest BCUT2D eigenvalue weighted by atomic mass is 16.4. The Labute approximate surface area is 73.3 Å². The molecule has 0 bridgehead atoms. The normalized spacial score (nSPS) is 27.4. The third-order valence-electron chi connectivity index (χ3n) is 2.59. The maximum absolute atomic E-state index is 10.5. The minimum Gasteiger partial charge on any atom is -0.478 e. The molecule has 0 saturated heterocycles. The summed E-state index contributed by atoms with van der Waals surface area (Å²) in [6.45, 7) is 2.13. The Morgan fingerprint density at radius 3 is 3.00 bits per heavy atom. The van der Waals surface area contributed by atoms with Crippen molar-refractivity contribution in [1.82, 2.24) is 0 Å². The van der Waals surface area contributed by atoms with Crippen LogP contribution in [0.4, 0.5) is 0 Å². The van der Waals surface area contributed by atoms with E-state index in [-0.39, 0.29) is 0 Å². The van der Waals surface area contributed by atoms with Crippen LogP contribution in [-0.2, 0) is 4.79 Å². The number of carboxylic acid groups (broad SMARTS) is 1.